The molecule has 0 N–H and O–H groups in total. The second-order valence-electron chi connectivity index (χ2n) is 7.83. The average molecular weight is 428 g/mol. The summed E-state index contributed by atoms with van der Waals surface area (Å²) in [5.41, 5.74) is 1.14. The fourth-order valence-electron chi connectivity index (χ4n) is 4.12. The Morgan fingerprint density at radius 3 is 2.57 bits per heavy atom. The van der Waals surface area contributed by atoms with Crippen LogP contribution in [0.4, 0.5) is 5.82 Å². The molecule has 8 heteroatoms. The number of piperidine rings is 1. The third kappa shape index (κ3) is 4.90. The zero-order chi connectivity index (χ0) is 20.9. The maximum Gasteiger partial charge on any atom is 0.227 e. The Morgan fingerprint density at radius 1 is 1.10 bits per heavy atom. The van der Waals surface area contributed by atoms with Crippen molar-refractivity contribution >= 4 is 29.2 Å². The number of nitrogens with zero attached hydrogens (tertiary/aromatic N) is 5. The molecule has 0 saturated carbocycles. The van der Waals surface area contributed by atoms with Gasteiger partial charge in [0.1, 0.15) is 5.82 Å². The third-order valence-electron chi connectivity index (χ3n) is 5.90. The van der Waals surface area contributed by atoms with Crippen LogP contribution in [0.1, 0.15) is 18.4 Å². The number of carbonyl (C=O) groups is 2. The first-order valence-corrected chi connectivity index (χ1v) is 10.8. The minimum atomic E-state index is -0.115. The van der Waals surface area contributed by atoms with Gasteiger partial charge in [0.25, 0.3) is 0 Å². The van der Waals surface area contributed by atoms with E-state index >= 15 is 0 Å². The predicted octanol–water partition coefficient (Wildman–Crippen LogP) is 2.26. The van der Waals surface area contributed by atoms with Gasteiger partial charge in [0.15, 0.2) is 0 Å². The molecule has 30 heavy (non-hydrogen) atoms. The number of aromatic nitrogens is 2. The van der Waals surface area contributed by atoms with Crippen LogP contribution in [0.5, 0.6) is 0 Å². The van der Waals surface area contributed by atoms with Gasteiger partial charge in [-0.1, -0.05) is 23.7 Å². The second-order valence-corrected chi connectivity index (χ2v) is 8.26. The fraction of sp³-hybridized carbons (Fsp3) is 0.455. The molecule has 2 amide bonds. The van der Waals surface area contributed by atoms with Crippen molar-refractivity contribution in [2.75, 3.05) is 44.2 Å². The molecule has 1 atom stereocenters. The first kappa shape index (κ1) is 20.6. The molecular weight excluding hydrogens is 402 g/mol. The molecule has 2 aliphatic rings. The first-order chi connectivity index (χ1) is 14.6. The third-order valence-corrected chi connectivity index (χ3v) is 6.15. The van der Waals surface area contributed by atoms with E-state index in [1.165, 1.54) is 0 Å². The number of halogens is 1. The summed E-state index contributed by atoms with van der Waals surface area (Å²) < 4.78 is 0. The van der Waals surface area contributed by atoms with Gasteiger partial charge in [0, 0.05) is 63.1 Å². The molecule has 158 valence electrons. The van der Waals surface area contributed by atoms with Crippen LogP contribution in [0.15, 0.2) is 42.9 Å². The van der Waals surface area contributed by atoms with E-state index in [-0.39, 0.29) is 17.7 Å². The number of hydrogen-bond donors (Lipinski definition) is 0. The summed E-state index contributed by atoms with van der Waals surface area (Å²) in [6, 6.07) is 7.69. The van der Waals surface area contributed by atoms with E-state index in [2.05, 4.69) is 14.9 Å². The van der Waals surface area contributed by atoms with Crippen LogP contribution in [-0.2, 0) is 16.0 Å². The summed E-state index contributed by atoms with van der Waals surface area (Å²) in [5, 5.41) is 0.706. The van der Waals surface area contributed by atoms with Gasteiger partial charge < -0.3 is 14.7 Å². The fourth-order valence-corrected chi connectivity index (χ4v) is 4.24. The summed E-state index contributed by atoms with van der Waals surface area (Å²) in [4.78, 5) is 39.8. The van der Waals surface area contributed by atoms with Crippen molar-refractivity contribution in [3.05, 3.63) is 53.4 Å². The molecule has 0 unspecified atom stereocenters. The minimum Gasteiger partial charge on any atom is -0.352 e. The van der Waals surface area contributed by atoms with Crippen molar-refractivity contribution in [1.82, 2.24) is 19.8 Å². The van der Waals surface area contributed by atoms with E-state index in [0.717, 1.165) is 30.9 Å². The monoisotopic (exact) mass is 427 g/mol. The quantitative estimate of drug-likeness (QED) is 0.732. The number of likely N-dealkylation sites (tertiary alicyclic amines) is 1. The molecule has 1 aromatic heterocycles. The van der Waals surface area contributed by atoms with E-state index in [0.29, 0.717) is 44.0 Å². The Labute approximate surface area is 181 Å². The Kier molecular flexibility index (Phi) is 6.47. The van der Waals surface area contributed by atoms with Gasteiger partial charge in [-0.15, -0.1) is 0 Å². The SMILES string of the molecule is O=C1CC[C@@H](C(=O)N2CCN(c3cnccn3)CC2)CN1CCc1ccc(Cl)cc1. The van der Waals surface area contributed by atoms with Gasteiger partial charge in [-0.25, -0.2) is 4.98 Å². The number of piperazine rings is 1. The number of hydrogen-bond acceptors (Lipinski definition) is 5. The first-order valence-electron chi connectivity index (χ1n) is 10.4. The predicted molar refractivity (Wildman–Crippen MR) is 115 cm³/mol. The number of amides is 2. The minimum absolute atomic E-state index is 0.115. The summed E-state index contributed by atoms with van der Waals surface area (Å²) >= 11 is 5.94. The molecule has 0 spiro atoms. The summed E-state index contributed by atoms with van der Waals surface area (Å²) in [6.07, 6.45) is 6.94. The molecule has 2 fully saturated rings. The zero-order valence-corrected chi connectivity index (χ0v) is 17.7. The largest absolute Gasteiger partial charge is 0.352 e. The van der Waals surface area contributed by atoms with Crippen LogP contribution in [0.25, 0.3) is 0 Å². The number of anilines is 1. The molecule has 0 aliphatic carbocycles. The zero-order valence-electron chi connectivity index (χ0n) is 16.9. The van der Waals surface area contributed by atoms with Crippen molar-refractivity contribution in [2.45, 2.75) is 19.3 Å². The van der Waals surface area contributed by atoms with Crippen LogP contribution < -0.4 is 4.90 Å². The molecule has 2 aromatic rings. The van der Waals surface area contributed by atoms with Crippen molar-refractivity contribution in [3.8, 4) is 0 Å². The standard InChI is InChI=1S/C22H26ClN5O2/c23-19-4-1-17(2-5-19)7-10-28-16-18(3-6-21(28)29)22(30)27-13-11-26(12-14-27)20-15-24-8-9-25-20/h1-2,4-5,8-9,15,18H,3,6-7,10-14,16H2/t18-/m1/s1. The van der Waals surface area contributed by atoms with Gasteiger partial charge in [-0.3, -0.25) is 14.6 Å². The van der Waals surface area contributed by atoms with Gasteiger partial charge in [0.05, 0.1) is 12.1 Å². The van der Waals surface area contributed by atoms with E-state index in [4.69, 9.17) is 11.6 Å². The Bertz CT molecular complexity index is 869. The van der Waals surface area contributed by atoms with Crippen molar-refractivity contribution in [1.29, 1.82) is 0 Å². The molecule has 4 rings (SSSR count). The van der Waals surface area contributed by atoms with Crippen molar-refractivity contribution in [2.24, 2.45) is 5.92 Å². The molecule has 3 heterocycles. The number of rotatable bonds is 5. The average Bonchev–Trinajstić information content (AvgIpc) is 2.80. The highest BCUT2D eigenvalue weighted by atomic mass is 35.5. The Morgan fingerprint density at radius 2 is 1.87 bits per heavy atom. The number of carbonyl (C=O) groups excluding carboxylic acids is 2. The molecule has 0 radical (unpaired) electrons. The summed E-state index contributed by atoms with van der Waals surface area (Å²) in [6.45, 7) is 3.97. The smallest absolute Gasteiger partial charge is 0.227 e. The van der Waals surface area contributed by atoms with Crippen LogP contribution in [-0.4, -0.2) is 70.9 Å². The highest BCUT2D eigenvalue weighted by molar-refractivity contribution is 6.30. The second kappa shape index (κ2) is 9.43. The van der Waals surface area contributed by atoms with Crippen molar-refractivity contribution < 1.29 is 9.59 Å². The van der Waals surface area contributed by atoms with Crippen LogP contribution in [0.3, 0.4) is 0 Å². The van der Waals surface area contributed by atoms with Gasteiger partial charge >= 0.3 is 0 Å². The van der Waals surface area contributed by atoms with Crippen LogP contribution in [0, 0.1) is 5.92 Å². The maximum absolute atomic E-state index is 13.1. The molecule has 2 aliphatic heterocycles. The highest BCUT2D eigenvalue weighted by Gasteiger charge is 2.33. The summed E-state index contributed by atoms with van der Waals surface area (Å²) in [5.74, 6) is 1.04. The Balaban J connectivity index is 1.30. The molecule has 0 bridgehead atoms. The van der Waals surface area contributed by atoms with Gasteiger partial charge in [0.2, 0.25) is 11.8 Å². The van der Waals surface area contributed by atoms with E-state index in [1.54, 1.807) is 18.6 Å². The molecular formula is C22H26ClN5O2. The lowest BCUT2D eigenvalue weighted by Gasteiger charge is -2.39. The van der Waals surface area contributed by atoms with Crippen molar-refractivity contribution in [3.63, 3.8) is 0 Å². The Hall–Kier alpha value is -2.67. The molecule has 7 nitrogen and oxygen atoms in total. The normalized spacial score (nSPS) is 19.8. The van der Waals surface area contributed by atoms with Gasteiger partial charge in [-0.2, -0.15) is 0 Å². The lowest BCUT2D eigenvalue weighted by atomic mass is 9.95. The van der Waals surface area contributed by atoms with E-state index in [9.17, 15) is 9.59 Å². The number of benzene rings is 1. The molecule has 1 aromatic carbocycles. The lowest BCUT2D eigenvalue weighted by molar-refractivity contribution is -0.143. The molecule has 2 saturated heterocycles. The van der Waals surface area contributed by atoms with E-state index in [1.807, 2.05) is 34.1 Å². The lowest BCUT2D eigenvalue weighted by Crippen LogP contribution is -2.53. The summed E-state index contributed by atoms with van der Waals surface area (Å²) in [7, 11) is 0. The van der Waals surface area contributed by atoms with Crippen LogP contribution >= 0.6 is 11.6 Å². The van der Waals surface area contributed by atoms with Crippen LogP contribution in [0.2, 0.25) is 5.02 Å². The topological polar surface area (TPSA) is 69.6 Å². The van der Waals surface area contributed by atoms with E-state index < -0.39 is 0 Å². The maximum atomic E-state index is 13.1. The highest BCUT2D eigenvalue weighted by Crippen LogP contribution is 2.22. The van der Waals surface area contributed by atoms with Gasteiger partial charge in [-0.05, 0) is 30.5 Å².